The van der Waals surface area contributed by atoms with Crippen molar-refractivity contribution in [2.45, 2.75) is 19.4 Å². The van der Waals surface area contributed by atoms with Gasteiger partial charge in [-0.25, -0.2) is 5.01 Å². The van der Waals surface area contributed by atoms with Gasteiger partial charge in [-0.05, 0) is 42.3 Å². The van der Waals surface area contributed by atoms with Crippen molar-refractivity contribution < 1.29 is 9.53 Å². The minimum absolute atomic E-state index is 0.217. The van der Waals surface area contributed by atoms with Crippen LogP contribution in [0.15, 0.2) is 77.9 Å². The second-order valence-electron chi connectivity index (χ2n) is 7.04. The van der Waals surface area contributed by atoms with E-state index in [-0.39, 0.29) is 11.9 Å². The fourth-order valence-corrected chi connectivity index (χ4v) is 3.78. The first-order chi connectivity index (χ1) is 14.1. The minimum atomic E-state index is -0.232. The van der Waals surface area contributed by atoms with E-state index in [4.69, 9.17) is 21.4 Å². The van der Waals surface area contributed by atoms with Crippen LogP contribution in [0.4, 0.5) is 0 Å². The predicted molar refractivity (Wildman–Crippen MR) is 116 cm³/mol. The molecule has 0 aromatic heterocycles. The second-order valence-corrected chi connectivity index (χ2v) is 7.45. The first-order valence-electron chi connectivity index (χ1n) is 9.43. The summed E-state index contributed by atoms with van der Waals surface area (Å²) in [5.41, 5.74) is 4.46. The van der Waals surface area contributed by atoms with Crippen LogP contribution in [0.1, 0.15) is 39.5 Å². The number of nitrogens with zero attached hydrogens (tertiary/aromatic N) is 2. The number of hydrazone groups is 1. The number of halogens is 1. The van der Waals surface area contributed by atoms with Crippen molar-refractivity contribution in [2.75, 3.05) is 7.11 Å². The van der Waals surface area contributed by atoms with Gasteiger partial charge >= 0.3 is 0 Å². The Morgan fingerprint density at radius 2 is 1.86 bits per heavy atom. The summed E-state index contributed by atoms with van der Waals surface area (Å²) in [5.74, 6) is 0.530. The number of amides is 1. The number of aryl methyl sites for hydroxylation is 1. The van der Waals surface area contributed by atoms with E-state index in [1.54, 1.807) is 30.3 Å². The molecule has 1 heterocycles. The van der Waals surface area contributed by atoms with E-state index in [9.17, 15) is 4.79 Å². The van der Waals surface area contributed by atoms with E-state index in [2.05, 4.69) is 6.07 Å². The smallest absolute Gasteiger partial charge is 0.276 e. The monoisotopic (exact) mass is 404 g/mol. The van der Waals surface area contributed by atoms with Crippen LogP contribution in [-0.4, -0.2) is 23.7 Å². The molecule has 1 unspecified atom stereocenters. The molecule has 0 fully saturated rings. The van der Waals surface area contributed by atoms with Gasteiger partial charge in [-0.15, -0.1) is 0 Å². The van der Waals surface area contributed by atoms with Gasteiger partial charge in [-0.3, -0.25) is 4.79 Å². The molecule has 5 heteroatoms. The topological polar surface area (TPSA) is 41.9 Å². The summed E-state index contributed by atoms with van der Waals surface area (Å²) in [4.78, 5) is 13.4. The molecule has 0 saturated carbocycles. The number of methoxy groups -OCH3 is 1. The Morgan fingerprint density at radius 1 is 1.07 bits per heavy atom. The quantitative estimate of drug-likeness (QED) is 0.564. The van der Waals surface area contributed by atoms with Gasteiger partial charge in [-0.1, -0.05) is 65.7 Å². The Labute approximate surface area is 175 Å². The fraction of sp³-hybridized carbons (Fsp3) is 0.167. The number of carbonyl (C=O) groups is 1. The van der Waals surface area contributed by atoms with Crippen molar-refractivity contribution in [1.29, 1.82) is 0 Å². The van der Waals surface area contributed by atoms with Crippen molar-refractivity contribution in [1.82, 2.24) is 5.01 Å². The number of hydrogen-bond donors (Lipinski definition) is 0. The molecular formula is C24H21ClN2O2. The Kier molecular flexibility index (Phi) is 5.36. The van der Waals surface area contributed by atoms with E-state index in [1.807, 2.05) is 55.5 Å². The highest BCUT2D eigenvalue weighted by atomic mass is 35.5. The molecular weight excluding hydrogens is 384 g/mol. The maximum absolute atomic E-state index is 13.4. The highest BCUT2D eigenvalue weighted by Gasteiger charge is 2.34. The zero-order valence-corrected chi connectivity index (χ0v) is 17.1. The molecule has 146 valence electrons. The highest BCUT2D eigenvalue weighted by molar-refractivity contribution is 6.33. The van der Waals surface area contributed by atoms with Crippen LogP contribution in [0.5, 0.6) is 5.75 Å². The lowest BCUT2D eigenvalue weighted by molar-refractivity contribution is 0.0711. The molecule has 3 aromatic carbocycles. The molecule has 0 bridgehead atoms. The molecule has 4 nitrogen and oxygen atoms in total. The van der Waals surface area contributed by atoms with Gasteiger partial charge in [-0.2, -0.15) is 5.10 Å². The SMILES string of the molecule is COc1cccc(C2CC(c3cccc(C)c3)=NN2C(=O)c2ccccc2Cl)c1. The third kappa shape index (κ3) is 3.89. The van der Waals surface area contributed by atoms with E-state index in [0.717, 1.165) is 28.2 Å². The standard InChI is InChI=1S/C24H21ClN2O2/c1-16-7-5-8-17(13-16)22-15-23(18-9-6-10-19(14-18)29-2)27(26-22)24(28)20-11-3-4-12-21(20)25/h3-14,23H,15H2,1-2H3. The Balaban J connectivity index is 1.77. The van der Waals surface area contributed by atoms with Crippen molar-refractivity contribution in [3.8, 4) is 5.75 Å². The number of rotatable bonds is 4. The highest BCUT2D eigenvalue weighted by Crippen LogP contribution is 2.36. The molecule has 4 rings (SSSR count). The average Bonchev–Trinajstić information content (AvgIpc) is 3.19. The summed E-state index contributed by atoms with van der Waals surface area (Å²) >= 11 is 6.30. The molecule has 1 aliphatic rings. The predicted octanol–water partition coefficient (Wildman–Crippen LogP) is 5.65. The van der Waals surface area contributed by atoms with Gasteiger partial charge in [0.1, 0.15) is 5.75 Å². The van der Waals surface area contributed by atoms with E-state index in [1.165, 1.54) is 0 Å². The fourth-order valence-electron chi connectivity index (χ4n) is 3.56. The van der Waals surface area contributed by atoms with E-state index in [0.29, 0.717) is 17.0 Å². The second kappa shape index (κ2) is 8.10. The van der Waals surface area contributed by atoms with E-state index < -0.39 is 0 Å². The van der Waals surface area contributed by atoms with Gasteiger partial charge in [0.15, 0.2) is 0 Å². The summed E-state index contributed by atoms with van der Waals surface area (Å²) in [6, 6.07) is 22.8. The van der Waals surface area contributed by atoms with Crippen LogP contribution in [0.3, 0.4) is 0 Å². The molecule has 0 aliphatic carbocycles. The van der Waals surface area contributed by atoms with E-state index >= 15 is 0 Å². The van der Waals surface area contributed by atoms with Crippen LogP contribution in [0.25, 0.3) is 0 Å². The molecule has 0 spiro atoms. The third-order valence-corrected chi connectivity index (χ3v) is 5.38. The summed E-state index contributed by atoms with van der Waals surface area (Å²) in [5, 5.41) is 6.70. The maximum Gasteiger partial charge on any atom is 0.276 e. The number of hydrogen-bond acceptors (Lipinski definition) is 3. The Bertz CT molecular complexity index is 1090. The molecule has 0 saturated heterocycles. The zero-order chi connectivity index (χ0) is 20.4. The minimum Gasteiger partial charge on any atom is -0.497 e. The van der Waals surface area contributed by atoms with Crippen LogP contribution >= 0.6 is 11.6 Å². The third-order valence-electron chi connectivity index (χ3n) is 5.05. The number of carbonyl (C=O) groups excluding carboxylic acids is 1. The largest absolute Gasteiger partial charge is 0.497 e. The lowest BCUT2D eigenvalue weighted by Gasteiger charge is -2.23. The van der Waals surface area contributed by atoms with Crippen molar-refractivity contribution in [3.63, 3.8) is 0 Å². The van der Waals surface area contributed by atoms with Crippen LogP contribution in [-0.2, 0) is 0 Å². The summed E-state index contributed by atoms with van der Waals surface area (Å²) in [7, 11) is 1.63. The van der Waals surface area contributed by atoms with Gasteiger partial charge in [0.25, 0.3) is 5.91 Å². The van der Waals surface area contributed by atoms with Gasteiger partial charge in [0, 0.05) is 6.42 Å². The van der Waals surface area contributed by atoms with Crippen molar-refractivity contribution >= 4 is 23.2 Å². The lowest BCUT2D eigenvalue weighted by Crippen LogP contribution is -2.27. The molecule has 0 radical (unpaired) electrons. The van der Waals surface area contributed by atoms with Crippen LogP contribution < -0.4 is 4.74 Å². The average molecular weight is 405 g/mol. The number of ether oxygens (including phenoxy) is 1. The normalized spacial score (nSPS) is 15.9. The zero-order valence-electron chi connectivity index (χ0n) is 16.3. The van der Waals surface area contributed by atoms with Crippen molar-refractivity contribution in [2.24, 2.45) is 5.10 Å². The van der Waals surface area contributed by atoms with Crippen LogP contribution in [0.2, 0.25) is 5.02 Å². The molecule has 29 heavy (non-hydrogen) atoms. The molecule has 3 aromatic rings. The lowest BCUT2D eigenvalue weighted by atomic mass is 9.97. The first-order valence-corrected chi connectivity index (χ1v) is 9.81. The van der Waals surface area contributed by atoms with Crippen LogP contribution in [0, 0.1) is 6.92 Å². The van der Waals surface area contributed by atoms with Gasteiger partial charge in [0.2, 0.25) is 0 Å². The Morgan fingerprint density at radius 3 is 2.62 bits per heavy atom. The first kappa shape index (κ1) is 19.2. The van der Waals surface area contributed by atoms with Crippen molar-refractivity contribution in [3.05, 3.63) is 100 Å². The molecule has 1 amide bonds. The summed E-state index contributed by atoms with van der Waals surface area (Å²) < 4.78 is 5.38. The molecule has 1 aliphatic heterocycles. The van der Waals surface area contributed by atoms with Gasteiger partial charge < -0.3 is 4.74 Å². The Hall–Kier alpha value is -3.11. The molecule has 0 N–H and O–H groups in total. The maximum atomic E-state index is 13.4. The van der Waals surface area contributed by atoms with Gasteiger partial charge in [0.05, 0.1) is 29.4 Å². The summed E-state index contributed by atoms with van der Waals surface area (Å²) in [6.07, 6.45) is 0.618. The number of benzene rings is 3. The molecule has 1 atom stereocenters. The summed E-state index contributed by atoms with van der Waals surface area (Å²) in [6.45, 7) is 2.05.